The zero-order valence-electron chi connectivity index (χ0n) is 16.1. The number of aliphatic hydroxyl groups excluding tert-OH is 1. The van der Waals surface area contributed by atoms with Crippen molar-refractivity contribution in [2.45, 2.75) is 71.8 Å². The number of carbonyl (C=O) groups is 1. The number of hydrogen-bond acceptors (Lipinski definition) is 2. The molecule has 3 aliphatic carbocycles. The topological polar surface area (TPSA) is 37.3 Å². The van der Waals surface area contributed by atoms with Gasteiger partial charge in [-0.2, -0.15) is 0 Å². The van der Waals surface area contributed by atoms with Gasteiger partial charge in [0.05, 0.1) is 6.10 Å². The zero-order valence-corrected chi connectivity index (χ0v) is 16.1. The molecule has 2 heteroatoms. The Labute approximate surface area is 152 Å². The van der Waals surface area contributed by atoms with Crippen LogP contribution in [0.1, 0.15) is 71.3 Å². The summed E-state index contributed by atoms with van der Waals surface area (Å²) >= 11 is 0. The van der Waals surface area contributed by atoms with Gasteiger partial charge < -0.3 is 5.11 Å². The number of rotatable bonds is 1. The van der Waals surface area contributed by atoms with Crippen LogP contribution in [-0.2, 0) is 4.79 Å². The second-order valence-corrected chi connectivity index (χ2v) is 10.1. The zero-order chi connectivity index (χ0) is 18.0. The molecular formula is C23H32O2. The fourth-order valence-corrected chi connectivity index (χ4v) is 7.35. The molecule has 25 heavy (non-hydrogen) atoms. The highest BCUT2D eigenvalue weighted by Crippen LogP contribution is 2.70. The van der Waals surface area contributed by atoms with Gasteiger partial charge in [-0.3, -0.25) is 4.79 Å². The Morgan fingerprint density at radius 2 is 1.72 bits per heavy atom. The first kappa shape index (κ1) is 17.3. The molecule has 0 saturated heterocycles. The first-order chi connectivity index (χ1) is 11.7. The van der Waals surface area contributed by atoms with Gasteiger partial charge in [-0.25, -0.2) is 0 Å². The van der Waals surface area contributed by atoms with Crippen LogP contribution < -0.4 is 0 Å². The van der Waals surface area contributed by atoms with Gasteiger partial charge in [0, 0.05) is 17.8 Å². The highest BCUT2D eigenvalue weighted by molar-refractivity contribution is 5.88. The Bertz CT molecular complexity index is 679. The summed E-state index contributed by atoms with van der Waals surface area (Å²) in [6.45, 7) is 9.21. The van der Waals surface area contributed by atoms with E-state index in [0.717, 1.165) is 12.8 Å². The van der Waals surface area contributed by atoms with Crippen molar-refractivity contribution in [1.82, 2.24) is 0 Å². The van der Waals surface area contributed by atoms with E-state index >= 15 is 0 Å². The van der Waals surface area contributed by atoms with Crippen LogP contribution >= 0.6 is 0 Å². The lowest BCUT2D eigenvalue weighted by Crippen LogP contribution is -2.59. The molecule has 0 spiro atoms. The molecule has 6 atom stereocenters. The van der Waals surface area contributed by atoms with Crippen molar-refractivity contribution in [2.75, 3.05) is 0 Å². The molecule has 2 nitrogen and oxygen atoms in total. The van der Waals surface area contributed by atoms with E-state index < -0.39 is 5.41 Å². The van der Waals surface area contributed by atoms with E-state index in [0.29, 0.717) is 18.1 Å². The van der Waals surface area contributed by atoms with Crippen LogP contribution in [0.15, 0.2) is 30.3 Å². The van der Waals surface area contributed by atoms with E-state index in [1.165, 1.54) is 18.4 Å². The fraction of sp³-hybridized carbons (Fsp3) is 0.696. The molecule has 1 aromatic carbocycles. The smallest absolute Gasteiger partial charge is 0.140 e. The van der Waals surface area contributed by atoms with Crippen LogP contribution in [0.3, 0.4) is 0 Å². The molecule has 4 rings (SSSR count). The van der Waals surface area contributed by atoms with Crippen molar-refractivity contribution >= 4 is 5.78 Å². The summed E-state index contributed by atoms with van der Waals surface area (Å²) in [7, 11) is 0. The van der Waals surface area contributed by atoms with Gasteiger partial charge in [0.2, 0.25) is 0 Å². The quantitative estimate of drug-likeness (QED) is 0.784. The molecular weight excluding hydrogens is 308 g/mol. The minimum atomic E-state index is -0.431. The molecule has 0 aliphatic heterocycles. The van der Waals surface area contributed by atoms with Gasteiger partial charge in [0.1, 0.15) is 5.78 Å². The molecule has 0 aromatic heterocycles. The minimum absolute atomic E-state index is 0.0629. The van der Waals surface area contributed by atoms with Crippen molar-refractivity contribution < 1.29 is 9.90 Å². The standard InChI is InChI=1S/C23H32O2/c1-21(2)11-8-12-22(3)18(21)14-19(25)23(4)16(13-17(24)20(22)23)15-9-6-5-7-10-15/h5-7,9-10,16-18,20,24H,8,11-14H2,1-4H3/t16-,17-,18+,20+,22+,23-/m0/s1. The molecule has 136 valence electrons. The lowest BCUT2D eigenvalue weighted by Gasteiger charge is -2.61. The number of Topliss-reactive ketones (excluding diaryl/α,β-unsaturated/α-hetero) is 1. The molecule has 1 aromatic rings. The van der Waals surface area contributed by atoms with Gasteiger partial charge in [0.25, 0.3) is 0 Å². The van der Waals surface area contributed by atoms with Crippen molar-refractivity contribution in [3.05, 3.63) is 35.9 Å². The SMILES string of the molecule is CC1(C)CCC[C@]2(C)[C@@H]1CC(=O)[C@@]1(C)[C@@H]2[C@@H](O)C[C@H]1c1ccccc1. The molecule has 3 fully saturated rings. The van der Waals surface area contributed by atoms with Gasteiger partial charge in [0.15, 0.2) is 0 Å². The van der Waals surface area contributed by atoms with Gasteiger partial charge in [-0.05, 0) is 47.5 Å². The first-order valence-corrected chi connectivity index (χ1v) is 9.97. The summed E-state index contributed by atoms with van der Waals surface area (Å²) in [4.78, 5) is 13.5. The molecule has 0 radical (unpaired) electrons. The van der Waals surface area contributed by atoms with Gasteiger partial charge in [-0.1, -0.05) is 64.4 Å². The Morgan fingerprint density at radius 1 is 1.04 bits per heavy atom. The van der Waals surface area contributed by atoms with E-state index in [9.17, 15) is 9.90 Å². The van der Waals surface area contributed by atoms with Crippen molar-refractivity contribution in [3.8, 4) is 0 Å². The van der Waals surface area contributed by atoms with E-state index in [-0.39, 0.29) is 28.8 Å². The maximum atomic E-state index is 13.5. The molecule has 3 aliphatic rings. The van der Waals surface area contributed by atoms with E-state index in [2.05, 4.69) is 52.0 Å². The lowest BCUT2D eigenvalue weighted by atomic mass is 9.42. The normalized spacial score (nSPS) is 45.7. The summed E-state index contributed by atoms with van der Waals surface area (Å²) < 4.78 is 0. The summed E-state index contributed by atoms with van der Waals surface area (Å²) in [5, 5.41) is 11.2. The number of hydrogen-bond donors (Lipinski definition) is 1. The second-order valence-electron chi connectivity index (χ2n) is 10.1. The van der Waals surface area contributed by atoms with E-state index in [1.54, 1.807) is 0 Å². The molecule has 0 bridgehead atoms. The summed E-state index contributed by atoms with van der Waals surface area (Å²) in [5.41, 5.74) is 1.04. The number of fused-ring (bicyclic) bond motifs is 3. The third-order valence-corrected chi connectivity index (χ3v) is 8.41. The van der Waals surface area contributed by atoms with Gasteiger partial charge in [-0.15, -0.1) is 0 Å². The van der Waals surface area contributed by atoms with E-state index in [4.69, 9.17) is 0 Å². The lowest BCUT2D eigenvalue weighted by molar-refractivity contribution is -0.169. The van der Waals surface area contributed by atoms with Crippen LogP contribution in [-0.4, -0.2) is 17.0 Å². The molecule has 0 heterocycles. The average molecular weight is 341 g/mol. The van der Waals surface area contributed by atoms with Crippen molar-refractivity contribution in [2.24, 2.45) is 28.1 Å². The second kappa shape index (κ2) is 5.42. The van der Waals surface area contributed by atoms with Gasteiger partial charge >= 0.3 is 0 Å². The Morgan fingerprint density at radius 3 is 2.40 bits per heavy atom. The predicted molar refractivity (Wildman–Crippen MR) is 100 cm³/mol. The fourth-order valence-electron chi connectivity index (χ4n) is 7.35. The molecule has 1 N–H and O–H groups in total. The first-order valence-electron chi connectivity index (χ1n) is 9.97. The van der Waals surface area contributed by atoms with Crippen LogP contribution in [0, 0.1) is 28.1 Å². The Balaban J connectivity index is 1.82. The largest absolute Gasteiger partial charge is 0.393 e. The summed E-state index contributed by atoms with van der Waals surface area (Å²) in [6, 6.07) is 10.4. The maximum Gasteiger partial charge on any atom is 0.140 e. The average Bonchev–Trinajstić information content (AvgIpc) is 2.84. The number of carbonyl (C=O) groups excluding carboxylic acids is 1. The highest BCUT2D eigenvalue weighted by Gasteiger charge is 2.68. The van der Waals surface area contributed by atoms with Crippen LogP contribution in [0.5, 0.6) is 0 Å². The molecule has 0 amide bonds. The minimum Gasteiger partial charge on any atom is -0.393 e. The molecule has 0 unspecified atom stereocenters. The number of benzene rings is 1. The third-order valence-electron chi connectivity index (χ3n) is 8.41. The maximum absolute atomic E-state index is 13.5. The summed E-state index contributed by atoms with van der Waals surface area (Å²) in [5.74, 6) is 1.00. The molecule has 3 saturated carbocycles. The van der Waals surface area contributed by atoms with Crippen LogP contribution in [0.25, 0.3) is 0 Å². The number of ketones is 1. The summed E-state index contributed by atoms with van der Waals surface area (Å²) in [6.07, 6.45) is 4.59. The van der Waals surface area contributed by atoms with Crippen molar-refractivity contribution in [3.63, 3.8) is 0 Å². The van der Waals surface area contributed by atoms with Crippen LogP contribution in [0.4, 0.5) is 0 Å². The Kier molecular flexibility index (Phi) is 3.75. The predicted octanol–water partition coefficient (Wildman–Crippen LogP) is 4.96. The Hall–Kier alpha value is -1.15. The van der Waals surface area contributed by atoms with E-state index in [1.807, 2.05) is 6.07 Å². The van der Waals surface area contributed by atoms with Crippen molar-refractivity contribution in [1.29, 1.82) is 0 Å². The number of aliphatic hydroxyl groups is 1. The third kappa shape index (κ3) is 2.22. The van der Waals surface area contributed by atoms with Crippen LogP contribution in [0.2, 0.25) is 0 Å². The monoisotopic (exact) mass is 340 g/mol. The highest BCUT2D eigenvalue weighted by atomic mass is 16.3.